The van der Waals surface area contributed by atoms with Crippen molar-refractivity contribution in [2.75, 3.05) is 14.1 Å². The average Bonchev–Trinajstić information content (AvgIpc) is 2.79. The summed E-state index contributed by atoms with van der Waals surface area (Å²) < 4.78 is 8.52. The zero-order valence-electron chi connectivity index (χ0n) is 19.1. The van der Waals surface area contributed by atoms with E-state index in [-0.39, 0.29) is 30.2 Å². The van der Waals surface area contributed by atoms with Gasteiger partial charge in [-0.3, -0.25) is 0 Å². The molecule has 0 saturated carbocycles. The minimum absolute atomic E-state index is 0. The van der Waals surface area contributed by atoms with E-state index in [9.17, 15) is 0 Å². The Morgan fingerprint density at radius 3 is 2.07 bits per heavy atom. The van der Waals surface area contributed by atoms with Gasteiger partial charge in [-0.15, -0.1) is 24.8 Å². The van der Waals surface area contributed by atoms with Gasteiger partial charge < -0.3 is 0 Å². The van der Waals surface area contributed by atoms with Crippen molar-refractivity contribution >= 4 is 31.5 Å². The topological polar surface area (TPSA) is 12.5 Å². The summed E-state index contributed by atoms with van der Waals surface area (Å²) in [5.74, 6) is 1.62. The second-order valence-electron chi connectivity index (χ2n) is 9.21. The molecular weight excluding hydrogens is 441 g/mol. The van der Waals surface area contributed by atoms with Crippen LogP contribution in [-0.4, -0.2) is 25.7 Å². The van der Waals surface area contributed by atoms with Crippen LogP contribution in [0.4, 0.5) is 0 Å². The van der Waals surface area contributed by atoms with Crippen molar-refractivity contribution in [3.05, 3.63) is 50.5 Å². The molecule has 1 aliphatic carbocycles. The molecule has 0 aliphatic heterocycles. The summed E-state index contributed by atoms with van der Waals surface area (Å²) in [5, 5.41) is 0. The van der Waals surface area contributed by atoms with Gasteiger partial charge in [-0.1, -0.05) is 0 Å². The molecule has 1 unspecified atom stereocenters. The molecule has 0 fully saturated rings. The fourth-order valence-corrected chi connectivity index (χ4v) is 13.1. The van der Waals surface area contributed by atoms with E-state index < -0.39 is 24.2 Å². The van der Waals surface area contributed by atoms with E-state index in [0.717, 1.165) is 5.75 Å². The number of benzene rings is 1. The minimum Gasteiger partial charge on any atom is -0.147 e. The van der Waals surface area contributed by atoms with Crippen molar-refractivity contribution < 1.29 is 20.8 Å². The van der Waals surface area contributed by atoms with Crippen molar-refractivity contribution in [2.24, 2.45) is 5.92 Å². The fraction of sp³-hybridized carbons (Fsp3) is 0.545. The van der Waals surface area contributed by atoms with E-state index in [0.29, 0.717) is 5.92 Å². The van der Waals surface area contributed by atoms with Gasteiger partial charge in [-0.05, 0) is 0 Å². The van der Waals surface area contributed by atoms with Crippen LogP contribution in [0.2, 0.25) is 13.1 Å². The molecule has 0 saturated heterocycles. The monoisotopic (exact) mass is 478 g/mol. The van der Waals surface area contributed by atoms with E-state index in [1.165, 1.54) is 22.4 Å². The van der Waals surface area contributed by atoms with Gasteiger partial charge in [0.15, 0.2) is 0 Å². The molecule has 0 bridgehead atoms. The zero-order valence-corrected chi connectivity index (χ0v) is 23.5. The van der Waals surface area contributed by atoms with E-state index in [1.807, 2.05) is 0 Å². The first-order valence-corrected chi connectivity index (χ1v) is 16.7. The van der Waals surface area contributed by atoms with Gasteiger partial charge in [0.1, 0.15) is 0 Å². The van der Waals surface area contributed by atoms with Gasteiger partial charge in [0.05, 0.1) is 0 Å². The molecule has 159 valence electrons. The SMILES string of the molecule is CC1=CC(N(C)C)=[C]([Ti]([O]c2cc(C)cc(C(C)(C)C)c2)[SiH](C)C)C1C.Cl.Cl. The molecule has 0 amide bonds. The summed E-state index contributed by atoms with van der Waals surface area (Å²) in [6, 6.07) is 6.81. The number of allylic oxidation sites excluding steroid dienone is 3. The Bertz CT molecular complexity index is 739. The maximum Gasteiger partial charge on any atom is -0.147 e. The van der Waals surface area contributed by atoms with Gasteiger partial charge in [0, 0.05) is 0 Å². The summed E-state index contributed by atoms with van der Waals surface area (Å²) in [6.45, 7) is 17.7. The Balaban J connectivity index is 0.00000364. The average molecular weight is 479 g/mol. The third kappa shape index (κ3) is 6.40. The summed E-state index contributed by atoms with van der Waals surface area (Å²) in [6.07, 6.45) is 2.38. The van der Waals surface area contributed by atoms with Crippen molar-refractivity contribution in [1.29, 1.82) is 0 Å². The quantitative estimate of drug-likeness (QED) is 0.453. The third-order valence-electron chi connectivity index (χ3n) is 5.17. The second-order valence-corrected chi connectivity index (χ2v) is 21.4. The van der Waals surface area contributed by atoms with Gasteiger partial charge in [-0.25, -0.2) is 0 Å². The molecule has 2 nitrogen and oxygen atoms in total. The summed E-state index contributed by atoms with van der Waals surface area (Å²) in [4.78, 5) is 2.28. The Kier molecular flexibility index (Phi) is 10.7. The van der Waals surface area contributed by atoms with Crippen LogP contribution in [0.3, 0.4) is 0 Å². The predicted octanol–water partition coefficient (Wildman–Crippen LogP) is 6.40. The van der Waals surface area contributed by atoms with Gasteiger partial charge >= 0.3 is 169 Å². The molecule has 0 spiro atoms. The van der Waals surface area contributed by atoms with Crippen LogP contribution in [0.15, 0.2) is 39.4 Å². The summed E-state index contributed by atoms with van der Waals surface area (Å²) in [7, 11) is 4.33. The Labute approximate surface area is 192 Å². The standard InChI is InChI=1S/C11H16O.C9H14N.C2H7Si.2ClH.Ti/c1-8-5-9(11(2,3)4)7-10(12)6-8;1-7-5-9(10(3)4)6-8(7)2;1-3-2;;;/h5-7,12H,1-4H3;5,8H,1-4H3;3H,1-2H3;2*1H;/q;;;;;+1/p-1. The number of likely N-dealkylation sites (N-methyl/N-ethyl adjacent to an activating group) is 1. The molecule has 1 aromatic rings. The molecular formula is C22H38Cl2NOSiTi. The van der Waals surface area contributed by atoms with Gasteiger partial charge in [-0.2, -0.15) is 0 Å². The first-order valence-electron chi connectivity index (χ1n) is 9.68. The molecule has 28 heavy (non-hydrogen) atoms. The molecule has 0 radical (unpaired) electrons. The van der Waals surface area contributed by atoms with Crippen LogP contribution in [0.1, 0.15) is 45.7 Å². The van der Waals surface area contributed by atoms with Gasteiger partial charge in [0.25, 0.3) is 0 Å². The number of halogens is 2. The largest absolute Gasteiger partial charge is 0.147 e. The maximum absolute atomic E-state index is 6.89. The third-order valence-corrected chi connectivity index (χ3v) is 15.5. The summed E-state index contributed by atoms with van der Waals surface area (Å²) in [5.41, 5.74) is 5.70. The molecule has 0 heterocycles. The number of rotatable bonds is 5. The number of nitrogens with zero attached hydrogens (tertiary/aromatic N) is 1. The normalized spacial score (nSPS) is 16.4. The molecule has 1 atom stereocenters. The van der Waals surface area contributed by atoms with Crippen LogP contribution in [0.5, 0.6) is 5.75 Å². The zero-order chi connectivity index (χ0) is 19.8. The Morgan fingerprint density at radius 1 is 1.04 bits per heavy atom. The Hall–Kier alpha value is -0.189. The van der Waals surface area contributed by atoms with Crippen LogP contribution in [-0.2, 0) is 22.9 Å². The molecule has 6 heteroatoms. The maximum atomic E-state index is 6.89. The fourth-order valence-electron chi connectivity index (χ4n) is 3.43. The smallest absolute Gasteiger partial charge is 0.147 e. The first-order chi connectivity index (χ1) is 11.9. The second kappa shape index (κ2) is 10.7. The van der Waals surface area contributed by atoms with Crippen molar-refractivity contribution in [3.63, 3.8) is 0 Å². The van der Waals surface area contributed by atoms with Crippen molar-refractivity contribution in [2.45, 2.75) is 60.1 Å². The van der Waals surface area contributed by atoms with E-state index in [4.69, 9.17) is 3.32 Å². The number of hydrogen-bond acceptors (Lipinski definition) is 2. The van der Waals surface area contributed by atoms with Gasteiger partial charge in [0.2, 0.25) is 0 Å². The number of aryl methyl sites for hydroxylation is 1. The summed E-state index contributed by atoms with van der Waals surface area (Å²) >= 11 is -1.80. The molecule has 1 aromatic carbocycles. The van der Waals surface area contributed by atoms with E-state index in [1.54, 1.807) is 3.88 Å². The van der Waals surface area contributed by atoms with E-state index >= 15 is 0 Å². The van der Waals surface area contributed by atoms with Crippen LogP contribution >= 0.6 is 24.8 Å². The Morgan fingerprint density at radius 2 is 1.61 bits per heavy atom. The van der Waals surface area contributed by atoms with E-state index in [2.05, 4.69) is 97.9 Å². The molecule has 0 aromatic heterocycles. The molecule has 2 rings (SSSR count). The van der Waals surface area contributed by atoms with Crippen LogP contribution < -0.4 is 3.32 Å². The number of hydrogen-bond donors (Lipinski definition) is 0. The molecule has 1 aliphatic rings. The predicted molar refractivity (Wildman–Crippen MR) is 128 cm³/mol. The van der Waals surface area contributed by atoms with Crippen LogP contribution in [0, 0.1) is 12.8 Å². The molecule has 0 N–H and O–H groups in total. The first kappa shape index (κ1) is 27.8. The van der Waals surface area contributed by atoms with Crippen molar-refractivity contribution in [1.82, 2.24) is 4.90 Å². The van der Waals surface area contributed by atoms with Crippen LogP contribution in [0.25, 0.3) is 0 Å². The minimum atomic E-state index is -1.80. The van der Waals surface area contributed by atoms with Crippen molar-refractivity contribution in [3.8, 4) is 5.75 Å².